The molecule has 0 saturated carbocycles. The lowest BCUT2D eigenvalue weighted by atomic mass is 9.80. The molecule has 3 aliphatic rings. The van der Waals surface area contributed by atoms with Crippen LogP contribution in [-0.2, 0) is 46.1 Å². The molecule has 2 aromatic rings. The number of amides is 1. The molecule has 1 aromatic heterocycles. The number of carbonyl (C=O) groups is 2. The summed E-state index contributed by atoms with van der Waals surface area (Å²) in [5.41, 5.74) is -10.5. The maximum absolute atomic E-state index is 14.9. The highest BCUT2D eigenvalue weighted by Crippen LogP contribution is 2.56. The van der Waals surface area contributed by atoms with Gasteiger partial charge in [0, 0.05) is 12.2 Å². The second-order valence-corrected chi connectivity index (χ2v) is 16.4. The Morgan fingerprint density at radius 2 is 1.48 bits per heavy atom. The molecule has 2 N–H and O–H groups in total. The fourth-order valence-electron chi connectivity index (χ4n) is 6.55. The lowest BCUT2D eigenvalue weighted by molar-refractivity contribution is -0.350. The van der Waals surface area contributed by atoms with Crippen LogP contribution in [0.5, 0.6) is 0 Å². The second-order valence-electron chi connectivity index (χ2n) is 12.0. The van der Waals surface area contributed by atoms with Crippen molar-refractivity contribution in [2.75, 3.05) is 18.1 Å². The van der Waals surface area contributed by atoms with Crippen LogP contribution < -0.4 is 0 Å². The summed E-state index contributed by atoms with van der Waals surface area (Å²) in [6.45, 7) is -0.238. The van der Waals surface area contributed by atoms with Crippen molar-refractivity contribution in [2.24, 2.45) is 0 Å². The van der Waals surface area contributed by atoms with E-state index in [1.807, 2.05) is 0 Å². The SMILES string of the molecule is O=C(CC1(O)CCS(=O)(=O)C1)N1CCC2(S(=O)(=O)c3ccccc3)c3ccc(C(F)(C(F)(F)F)C(F)(F)F)nc3CCC12.O=C(O)C(F)(F)F. The number of rotatable bonds is 5. The van der Waals surface area contributed by atoms with Crippen molar-refractivity contribution < 1.29 is 80.5 Å². The van der Waals surface area contributed by atoms with Gasteiger partial charge in [-0.3, -0.25) is 9.78 Å². The van der Waals surface area contributed by atoms with Gasteiger partial charge < -0.3 is 15.1 Å². The second kappa shape index (κ2) is 12.6. The zero-order valence-electron chi connectivity index (χ0n) is 25.1. The van der Waals surface area contributed by atoms with Gasteiger partial charge in [0.15, 0.2) is 19.7 Å². The Morgan fingerprint density at radius 3 is 1.96 bits per heavy atom. The first-order valence-corrected chi connectivity index (χ1v) is 17.6. The summed E-state index contributed by atoms with van der Waals surface area (Å²) in [7, 11) is -8.15. The van der Waals surface area contributed by atoms with Crippen molar-refractivity contribution in [3.8, 4) is 0 Å². The predicted octanol–water partition coefficient (Wildman–Crippen LogP) is 4.16. The summed E-state index contributed by atoms with van der Waals surface area (Å²) < 4.78 is 178. The number of pyridine rings is 1. The largest absolute Gasteiger partial charge is 0.490 e. The molecular weight excluding hydrogens is 746 g/mol. The standard InChI is InChI=1S/C26H25F7N2O6S2.C2HF3O2/c27-24(25(28,29)30,26(31,32)33)19-8-6-17-18(34-19)7-9-20-23(17,43(40,41)16-4-2-1-3-5-16)10-12-35(20)21(36)14-22(37)11-13-42(38,39)15-22;3-2(4,5)1(6)7/h1-6,8,20,37H,7,9-15H2;(H,6,7). The number of aromatic nitrogens is 1. The molecule has 1 aliphatic carbocycles. The molecule has 1 aromatic carbocycles. The monoisotopic (exact) mass is 772 g/mol. The molecule has 1 amide bonds. The maximum atomic E-state index is 14.9. The topological polar surface area (TPSA) is 159 Å². The zero-order chi connectivity index (χ0) is 37.9. The van der Waals surface area contributed by atoms with Gasteiger partial charge in [-0.25, -0.2) is 26.0 Å². The number of hydrogen-bond acceptors (Lipinski definition) is 8. The number of carboxylic acid groups (broad SMARTS) is 1. The van der Waals surface area contributed by atoms with E-state index in [2.05, 4.69) is 4.98 Å². The molecule has 5 rings (SSSR count). The molecule has 3 atom stereocenters. The van der Waals surface area contributed by atoms with E-state index in [0.29, 0.717) is 6.07 Å². The van der Waals surface area contributed by atoms with Gasteiger partial charge >= 0.3 is 30.2 Å². The first-order valence-electron chi connectivity index (χ1n) is 14.3. The number of sulfone groups is 2. The molecule has 2 fully saturated rings. The average Bonchev–Trinajstić information content (AvgIpc) is 3.53. The number of fused-ring (bicyclic) bond motifs is 3. The number of halogens is 10. The Kier molecular flexibility index (Phi) is 9.90. The number of hydrogen-bond donors (Lipinski definition) is 2. The summed E-state index contributed by atoms with van der Waals surface area (Å²) in [6, 6.07) is 6.48. The minimum atomic E-state index is -6.43. The number of nitrogens with zero attached hydrogens (tertiary/aromatic N) is 2. The Hall–Kier alpha value is -3.53. The van der Waals surface area contributed by atoms with Gasteiger partial charge in [0.1, 0.15) is 4.75 Å². The van der Waals surface area contributed by atoms with Crippen LogP contribution in [0.4, 0.5) is 43.9 Å². The van der Waals surface area contributed by atoms with Crippen LogP contribution in [0.2, 0.25) is 0 Å². The van der Waals surface area contributed by atoms with E-state index < -0.39 is 102 Å². The van der Waals surface area contributed by atoms with Crippen LogP contribution in [0.15, 0.2) is 47.4 Å². The van der Waals surface area contributed by atoms with E-state index in [9.17, 15) is 70.6 Å². The molecule has 0 bridgehead atoms. The van der Waals surface area contributed by atoms with Gasteiger partial charge in [-0.2, -0.15) is 39.5 Å². The van der Waals surface area contributed by atoms with Crippen molar-refractivity contribution >= 4 is 31.6 Å². The smallest absolute Gasteiger partial charge is 0.475 e. The van der Waals surface area contributed by atoms with E-state index in [-0.39, 0.29) is 48.1 Å². The fraction of sp³-hybridized carbons (Fsp3) is 0.536. The van der Waals surface area contributed by atoms with Crippen molar-refractivity contribution in [1.82, 2.24) is 9.88 Å². The average molecular weight is 773 g/mol. The minimum absolute atomic E-state index is 0.168. The summed E-state index contributed by atoms with van der Waals surface area (Å²) in [4.78, 5) is 26.7. The van der Waals surface area contributed by atoms with E-state index in [1.54, 1.807) is 0 Å². The number of aryl methyl sites for hydroxylation is 1. The van der Waals surface area contributed by atoms with Crippen molar-refractivity contribution in [3.05, 3.63) is 59.4 Å². The lowest BCUT2D eigenvalue weighted by Gasteiger charge is -2.42. The number of aliphatic hydroxyl groups is 1. The molecular formula is C28H26F10N2O8S2. The first kappa shape index (κ1) is 39.3. The Balaban J connectivity index is 0.000000727. The summed E-state index contributed by atoms with van der Waals surface area (Å²) in [6.07, 6.45) is -19.8. The van der Waals surface area contributed by atoms with Crippen LogP contribution in [0.1, 0.15) is 42.6 Å². The molecule has 10 nitrogen and oxygen atoms in total. The third-order valence-corrected chi connectivity index (χ3v) is 13.2. The van der Waals surface area contributed by atoms with Gasteiger partial charge in [0.05, 0.1) is 40.2 Å². The van der Waals surface area contributed by atoms with Gasteiger partial charge in [-0.15, -0.1) is 0 Å². The minimum Gasteiger partial charge on any atom is -0.475 e. The van der Waals surface area contributed by atoms with Crippen molar-refractivity contribution in [3.63, 3.8) is 0 Å². The molecule has 0 spiro atoms. The predicted molar refractivity (Wildman–Crippen MR) is 149 cm³/mol. The van der Waals surface area contributed by atoms with Gasteiger partial charge in [0.25, 0.3) is 0 Å². The van der Waals surface area contributed by atoms with Crippen LogP contribution >= 0.6 is 0 Å². The lowest BCUT2D eigenvalue weighted by Crippen LogP contribution is -2.54. The van der Waals surface area contributed by atoms with Gasteiger partial charge in [-0.1, -0.05) is 24.3 Å². The molecule has 22 heteroatoms. The highest BCUT2D eigenvalue weighted by atomic mass is 32.2. The Morgan fingerprint density at radius 1 is 0.920 bits per heavy atom. The fourth-order valence-corrected chi connectivity index (χ4v) is 10.8. The number of alkyl halides is 10. The molecule has 3 heterocycles. The summed E-state index contributed by atoms with van der Waals surface area (Å²) >= 11 is 0. The summed E-state index contributed by atoms with van der Waals surface area (Å²) in [5, 5.41) is 17.9. The van der Waals surface area contributed by atoms with E-state index in [0.717, 1.165) is 4.90 Å². The molecule has 3 unspecified atom stereocenters. The third kappa shape index (κ3) is 6.76. The normalized spacial score (nSPS) is 25.3. The summed E-state index contributed by atoms with van der Waals surface area (Å²) in [5.74, 6) is -4.54. The third-order valence-electron chi connectivity index (χ3n) is 8.80. The van der Waals surface area contributed by atoms with Crippen LogP contribution in [0.25, 0.3) is 0 Å². The quantitative estimate of drug-likeness (QED) is 0.426. The van der Waals surface area contributed by atoms with Gasteiger partial charge in [-0.05, 0) is 49.4 Å². The van der Waals surface area contributed by atoms with Crippen LogP contribution in [-0.4, -0.2) is 97.0 Å². The molecule has 0 radical (unpaired) electrons. The number of carboxylic acids is 1. The first-order chi connectivity index (χ1) is 22.6. The number of benzene rings is 1. The van der Waals surface area contributed by atoms with Crippen molar-refractivity contribution in [2.45, 2.75) is 77.6 Å². The molecule has 2 saturated heterocycles. The van der Waals surface area contributed by atoms with E-state index >= 15 is 0 Å². The number of likely N-dealkylation sites (tertiary alicyclic amines) is 1. The highest BCUT2D eigenvalue weighted by Gasteiger charge is 2.75. The number of aliphatic carboxylic acids is 1. The maximum Gasteiger partial charge on any atom is 0.490 e. The molecule has 50 heavy (non-hydrogen) atoms. The molecule has 278 valence electrons. The van der Waals surface area contributed by atoms with Crippen molar-refractivity contribution in [1.29, 1.82) is 0 Å². The Bertz CT molecular complexity index is 1850. The van der Waals surface area contributed by atoms with Crippen LogP contribution in [0, 0.1) is 0 Å². The number of carbonyl (C=O) groups excluding carboxylic acids is 1. The van der Waals surface area contributed by atoms with E-state index in [1.165, 1.54) is 30.3 Å². The van der Waals surface area contributed by atoms with E-state index in [4.69, 9.17) is 9.90 Å². The van der Waals surface area contributed by atoms with Crippen LogP contribution in [0.3, 0.4) is 0 Å². The zero-order valence-corrected chi connectivity index (χ0v) is 26.7. The molecule has 2 aliphatic heterocycles. The van der Waals surface area contributed by atoms with Gasteiger partial charge in [0.2, 0.25) is 5.91 Å². The highest BCUT2D eigenvalue weighted by molar-refractivity contribution is 7.92. The Labute approximate surface area is 276 Å².